The average Bonchev–Trinajstić information content (AvgIpc) is 3.55. The predicted octanol–water partition coefficient (Wildman–Crippen LogP) is 2.61. The van der Waals surface area contributed by atoms with Gasteiger partial charge in [-0.15, -0.1) is 5.10 Å². The molecule has 12 heteroatoms. The minimum Gasteiger partial charge on any atom is -0.438 e. The number of allylic oxidation sites excluding steroid dienone is 1. The summed E-state index contributed by atoms with van der Waals surface area (Å²) >= 11 is 0. The van der Waals surface area contributed by atoms with Crippen LogP contribution in [0.3, 0.4) is 0 Å². The van der Waals surface area contributed by atoms with Crippen molar-refractivity contribution in [1.82, 2.24) is 29.9 Å². The number of hydrogen-bond acceptors (Lipinski definition) is 10. The smallest absolute Gasteiger partial charge is 0.239 e. The van der Waals surface area contributed by atoms with E-state index in [2.05, 4.69) is 20.5 Å². The van der Waals surface area contributed by atoms with E-state index >= 15 is 0 Å². The quantitative estimate of drug-likeness (QED) is 0.395. The van der Waals surface area contributed by atoms with Gasteiger partial charge in [0.2, 0.25) is 17.7 Å². The fourth-order valence-electron chi connectivity index (χ4n) is 4.94. The molecule has 0 radical (unpaired) electrons. The highest BCUT2D eigenvalue weighted by Crippen LogP contribution is 2.35. The number of benzene rings is 1. The van der Waals surface area contributed by atoms with Crippen LogP contribution >= 0.6 is 0 Å². The van der Waals surface area contributed by atoms with Crippen molar-refractivity contribution in [3.05, 3.63) is 58.0 Å². The Labute approximate surface area is 226 Å². The van der Waals surface area contributed by atoms with Crippen molar-refractivity contribution in [3.8, 4) is 17.7 Å². The van der Waals surface area contributed by atoms with Crippen LogP contribution in [0.15, 0.2) is 24.4 Å². The first kappa shape index (κ1) is 26.3. The number of piperidine rings is 1. The number of carbonyl (C=O) groups is 1. The summed E-state index contributed by atoms with van der Waals surface area (Å²) in [6, 6.07) is 6.21. The van der Waals surface area contributed by atoms with Gasteiger partial charge in [-0.05, 0) is 61.6 Å². The Morgan fingerprint density at radius 3 is 2.74 bits per heavy atom. The number of likely N-dealkylation sites (tertiary alicyclic amines) is 1. The monoisotopic (exact) mass is 529 g/mol. The first-order valence-corrected chi connectivity index (χ1v) is 12.9. The summed E-state index contributed by atoms with van der Waals surface area (Å²) in [6.45, 7) is 7.25. The number of nitrogens with two attached hydrogens (primary N) is 1. The van der Waals surface area contributed by atoms with E-state index in [-0.39, 0.29) is 12.6 Å². The Hall–Kier alpha value is -4.34. The minimum atomic E-state index is -0.445. The van der Waals surface area contributed by atoms with E-state index in [0.29, 0.717) is 31.6 Å². The highest BCUT2D eigenvalue weighted by Gasteiger charge is 2.25. The summed E-state index contributed by atoms with van der Waals surface area (Å²) < 4.78 is 13.5. The Morgan fingerprint density at radius 2 is 2.03 bits per heavy atom. The molecule has 3 N–H and O–H groups in total. The molecule has 2 aliphatic rings. The number of ether oxygens (including phenoxy) is 2. The maximum Gasteiger partial charge on any atom is 0.239 e. The summed E-state index contributed by atoms with van der Waals surface area (Å²) in [4.78, 5) is 22.9. The number of anilines is 1. The van der Waals surface area contributed by atoms with Crippen LogP contribution in [0.25, 0.3) is 6.08 Å². The van der Waals surface area contributed by atoms with Crippen LogP contribution in [0, 0.1) is 25.2 Å². The number of carbonyl (C=O) groups excluding carboxylic acids is 1. The second-order valence-electron chi connectivity index (χ2n) is 9.89. The van der Waals surface area contributed by atoms with Crippen LogP contribution in [0.4, 0.5) is 5.95 Å². The maximum absolute atomic E-state index is 11.1. The van der Waals surface area contributed by atoms with E-state index in [1.54, 1.807) is 12.3 Å². The predicted molar refractivity (Wildman–Crippen MR) is 142 cm³/mol. The summed E-state index contributed by atoms with van der Waals surface area (Å²) in [5, 5.41) is 20.4. The zero-order chi connectivity index (χ0) is 27.4. The lowest BCUT2D eigenvalue weighted by molar-refractivity contribution is -0.118. The normalized spacial score (nSPS) is 15.8. The summed E-state index contributed by atoms with van der Waals surface area (Å²) in [7, 11) is 0. The van der Waals surface area contributed by atoms with E-state index in [4.69, 9.17) is 30.4 Å². The molecule has 0 spiro atoms. The third kappa shape index (κ3) is 6.39. The molecule has 5 rings (SSSR count). The molecule has 12 nitrogen and oxygen atoms in total. The van der Waals surface area contributed by atoms with Crippen molar-refractivity contribution in [3.63, 3.8) is 0 Å². The van der Waals surface area contributed by atoms with Gasteiger partial charge in [-0.2, -0.15) is 10.2 Å². The van der Waals surface area contributed by atoms with Gasteiger partial charge in [0, 0.05) is 31.8 Å². The lowest BCUT2D eigenvalue weighted by atomic mass is 10.1. The van der Waals surface area contributed by atoms with E-state index < -0.39 is 5.91 Å². The van der Waals surface area contributed by atoms with E-state index in [9.17, 15) is 4.79 Å². The third-order valence-electron chi connectivity index (χ3n) is 6.78. The first-order valence-electron chi connectivity index (χ1n) is 12.9. The van der Waals surface area contributed by atoms with Crippen LogP contribution in [0.5, 0.6) is 11.6 Å². The molecule has 1 amide bonds. The fraction of sp³-hybridized carbons (Fsp3) is 0.407. The zero-order valence-corrected chi connectivity index (χ0v) is 22.1. The SMILES string of the molecule is Cc1cc(/C=C/C#N)cc(C)c1Oc1nc(NC2CCN(Cc3cn(CC(N)=O)nn3)CC2)nc2c1COC2. The molecule has 0 aliphatic carbocycles. The molecule has 4 heterocycles. The molecule has 1 fully saturated rings. The number of amides is 1. The van der Waals surface area contributed by atoms with Crippen LogP contribution in [0.2, 0.25) is 0 Å². The van der Waals surface area contributed by atoms with Crippen molar-refractivity contribution >= 4 is 17.9 Å². The number of rotatable bonds is 9. The maximum atomic E-state index is 11.1. The lowest BCUT2D eigenvalue weighted by Crippen LogP contribution is -2.39. The van der Waals surface area contributed by atoms with E-state index in [1.807, 2.05) is 32.0 Å². The van der Waals surface area contributed by atoms with Crippen molar-refractivity contribution in [2.45, 2.75) is 59.0 Å². The van der Waals surface area contributed by atoms with Crippen LogP contribution in [-0.2, 0) is 35.8 Å². The van der Waals surface area contributed by atoms with Gasteiger partial charge in [0.05, 0.1) is 42.4 Å². The van der Waals surface area contributed by atoms with Crippen molar-refractivity contribution in [1.29, 1.82) is 5.26 Å². The molecule has 202 valence electrons. The average molecular weight is 530 g/mol. The molecular formula is C27H31N9O3. The van der Waals surface area contributed by atoms with Crippen LogP contribution < -0.4 is 15.8 Å². The number of hydrogen-bond donors (Lipinski definition) is 2. The number of aromatic nitrogens is 5. The molecule has 1 aromatic carbocycles. The summed E-state index contributed by atoms with van der Waals surface area (Å²) in [5.74, 6) is 1.33. The second kappa shape index (κ2) is 11.6. The van der Waals surface area contributed by atoms with Gasteiger partial charge >= 0.3 is 0 Å². The Morgan fingerprint density at radius 1 is 1.26 bits per heavy atom. The molecule has 1 saturated heterocycles. The number of nitriles is 1. The highest BCUT2D eigenvalue weighted by molar-refractivity contribution is 5.73. The number of nitrogens with zero attached hydrogens (tertiary/aromatic N) is 7. The van der Waals surface area contributed by atoms with Gasteiger partial charge in [0.25, 0.3) is 0 Å². The number of fused-ring (bicyclic) bond motifs is 1. The molecule has 0 unspecified atom stereocenters. The molecule has 2 aliphatic heterocycles. The third-order valence-corrected chi connectivity index (χ3v) is 6.78. The molecule has 0 bridgehead atoms. The Kier molecular flexibility index (Phi) is 7.81. The van der Waals surface area contributed by atoms with Gasteiger partial charge in [0.15, 0.2) is 0 Å². The number of nitrogens with one attached hydrogen (secondary N) is 1. The fourth-order valence-corrected chi connectivity index (χ4v) is 4.94. The Balaban J connectivity index is 1.24. The largest absolute Gasteiger partial charge is 0.438 e. The van der Waals surface area contributed by atoms with Gasteiger partial charge in [-0.3, -0.25) is 9.69 Å². The van der Waals surface area contributed by atoms with Gasteiger partial charge in [-0.25, -0.2) is 9.67 Å². The number of primary amides is 1. The molecule has 2 aromatic heterocycles. The summed E-state index contributed by atoms with van der Waals surface area (Å²) in [6.07, 6.45) is 6.83. The minimum absolute atomic E-state index is 0.0284. The van der Waals surface area contributed by atoms with Gasteiger partial charge in [-0.1, -0.05) is 5.21 Å². The lowest BCUT2D eigenvalue weighted by Gasteiger charge is -2.31. The van der Waals surface area contributed by atoms with E-state index in [1.165, 1.54) is 10.8 Å². The zero-order valence-electron chi connectivity index (χ0n) is 22.1. The molecule has 3 aromatic rings. The molecule has 0 atom stereocenters. The van der Waals surface area contributed by atoms with Gasteiger partial charge < -0.3 is 20.5 Å². The van der Waals surface area contributed by atoms with Crippen molar-refractivity contribution in [2.75, 3.05) is 18.4 Å². The van der Waals surface area contributed by atoms with Crippen LogP contribution in [-0.4, -0.2) is 54.9 Å². The van der Waals surface area contributed by atoms with Crippen molar-refractivity contribution in [2.24, 2.45) is 5.73 Å². The molecule has 0 saturated carbocycles. The number of aryl methyl sites for hydroxylation is 2. The van der Waals surface area contributed by atoms with Crippen LogP contribution in [0.1, 0.15) is 46.5 Å². The van der Waals surface area contributed by atoms with Gasteiger partial charge in [0.1, 0.15) is 12.3 Å². The van der Waals surface area contributed by atoms with E-state index in [0.717, 1.165) is 65.3 Å². The summed E-state index contributed by atoms with van der Waals surface area (Å²) in [5.41, 5.74) is 10.6. The molecule has 39 heavy (non-hydrogen) atoms. The first-order chi connectivity index (χ1) is 18.9. The topological polar surface area (TPSA) is 157 Å². The second-order valence-corrected chi connectivity index (χ2v) is 9.89. The Bertz CT molecular complexity index is 1410. The standard InChI is InChI=1S/C27H31N9O3/c1-17-10-19(4-3-7-28)11-18(2)25(17)39-26-22-15-38-16-23(22)31-27(32-26)30-20-5-8-35(9-6-20)12-21-13-36(34-33-21)14-24(29)37/h3-4,10-11,13,20H,5-6,8-9,12,14-16H2,1-2H3,(H2,29,37)(H,30,31,32)/b4-3+. The highest BCUT2D eigenvalue weighted by atomic mass is 16.5. The molecular weight excluding hydrogens is 498 g/mol. The van der Waals surface area contributed by atoms with Crippen molar-refractivity contribution < 1.29 is 14.3 Å².